The number of hydrogen-bond acceptors (Lipinski definition) is 7. The largest absolute Gasteiger partial charge is 0.351 e. The van der Waals surface area contributed by atoms with E-state index < -0.39 is 0 Å². The lowest BCUT2D eigenvalue weighted by atomic mass is 10.1. The number of nitrogens with one attached hydrogen (secondary N) is 1. The highest BCUT2D eigenvalue weighted by Crippen LogP contribution is 2.42. The lowest BCUT2D eigenvalue weighted by molar-refractivity contribution is 0.140. The van der Waals surface area contributed by atoms with Crippen LogP contribution in [0.15, 0.2) is 48.9 Å². The number of carbonyl (C=O) groups excluding carboxylic acids is 1. The van der Waals surface area contributed by atoms with Gasteiger partial charge in [0.1, 0.15) is 11.6 Å². The van der Waals surface area contributed by atoms with Gasteiger partial charge in [-0.15, -0.1) is 0 Å². The first-order valence-corrected chi connectivity index (χ1v) is 11.4. The molecule has 0 spiro atoms. The van der Waals surface area contributed by atoms with Crippen LogP contribution in [0, 0.1) is 11.3 Å². The molecule has 0 aromatic carbocycles. The summed E-state index contributed by atoms with van der Waals surface area (Å²) in [7, 11) is 0. The standard InChI is InChI=1S/C25H26N8O/c26-13-17-3-4-29-23(10-17)31-24-12-20(19-1-2-19)11-22(30-24)21-9-18(14-28-15-21)16-32-5-7-33(8-6-32)25(27)34/h3-4,9-12,14-15,19H,1-2,5-8,16H2,(H2,27,34)(H,29,30,31). The van der Waals surface area contributed by atoms with Gasteiger partial charge in [-0.1, -0.05) is 0 Å². The van der Waals surface area contributed by atoms with Gasteiger partial charge in [0, 0.05) is 56.9 Å². The lowest BCUT2D eigenvalue weighted by Crippen LogP contribution is -2.50. The normalized spacial score (nSPS) is 16.1. The fourth-order valence-corrected chi connectivity index (χ4v) is 4.21. The van der Waals surface area contributed by atoms with Crippen LogP contribution >= 0.6 is 0 Å². The van der Waals surface area contributed by atoms with Gasteiger partial charge in [0.25, 0.3) is 0 Å². The van der Waals surface area contributed by atoms with Gasteiger partial charge in [-0.05, 0) is 60.2 Å². The van der Waals surface area contributed by atoms with E-state index in [1.807, 2.05) is 12.4 Å². The summed E-state index contributed by atoms with van der Waals surface area (Å²) < 4.78 is 0. The van der Waals surface area contributed by atoms with Crippen molar-refractivity contribution in [3.05, 3.63) is 65.6 Å². The van der Waals surface area contributed by atoms with Crippen LogP contribution in [-0.2, 0) is 6.54 Å². The number of rotatable bonds is 6. The zero-order valence-corrected chi connectivity index (χ0v) is 18.8. The third kappa shape index (κ3) is 5.13. The molecular weight excluding hydrogens is 428 g/mol. The molecule has 0 atom stereocenters. The molecule has 1 aliphatic heterocycles. The van der Waals surface area contributed by atoms with Crippen molar-refractivity contribution in [2.75, 3.05) is 31.5 Å². The number of anilines is 2. The van der Waals surface area contributed by atoms with E-state index in [0.29, 0.717) is 36.2 Å². The van der Waals surface area contributed by atoms with Crippen LogP contribution in [0.25, 0.3) is 11.3 Å². The first kappa shape index (κ1) is 21.8. The maximum atomic E-state index is 11.4. The number of nitrogens with two attached hydrogens (primary N) is 1. The molecule has 3 N–H and O–H groups in total. The van der Waals surface area contributed by atoms with Crippen molar-refractivity contribution in [1.29, 1.82) is 5.26 Å². The van der Waals surface area contributed by atoms with Crippen molar-refractivity contribution in [1.82, 2.24) is 24.8 Å². The summed E-state index contributed by atoms with van der Waals surface area (Å²) >= 11 is 0. The number of aromatic nitrogens is 3. The van der Waals surface area contributed by atoms with E-state index in [1.54, 1.807) is 23.2 Å². The fourth-order valence-electron chi connectivity index (χ4n) is 4.21. The van der Waals surface area contributed by atoms with Crippen LogP contribution in [0.3, 0.4) is 0 Å². The predicted molar refractivity (Wildman–Crippen MR) is 128 cm³/mol. The number of hydrogen-bond donors (Lipinski definition) is 2. The Morgan fingerprint density at radius 2 is 1.94 bits per heavy atom. The highest BCUT2D eigenvalue weighted by Gasteiger charge is 2.25. The summed E-state index contributed by atoms with van der Waals surface area (Å²) in [5, 5.41) is 12.4. The molecule has 4 heterocycles. The Hall–Kier alpha value is -4.03. The van der Waals surface area contributed by atoms with Crippen molar-refractivity contribution < 1.29 is 4.79 Å². The summed E-state index contributed by atoms with van der Waals surface area (Å²) in [5.41, 5.74) is 10.1. The molecule has 3 aromatic heterocycles. The summed E-state index contributed by atoms with van der Waals surface area (Å²) in [6, 6.07) is 11.5. The van der Waals surface area contributed by atoms with Crippen LogP contribution in [0.4, 0.5) is 16.4 Å². The van der Waals surface area contributed by atoms with E-state index in [2.05, 4.69) is 44.5 Å². The third-order valence-corrected chi connectivity index (χ3v) is 6.22. The molecular formula is C25H26N8O. The highest BCUT2D eigenvalue weighted by molar-refractivity contribution is 5.72. The minimum Gasteiger partial charge on any atom is -0.351 e. The van der Waals surface area contributed by atoms with Gasteiger partial charge < -0.3 is 16.0 Å². The van der Waals surface area contributed by atoms with Crippen molar-refractivity contribution in [2.24, 2.45) is 5.73 Å². The smallest absolute Gasteiger partial charge is 0.314 e. The zero-order valence-electron chi connectivity index (χ0n) is 18.8. The average Bonchev–Trinajstić information content (AvgIpc) is 3.70. The summed E-state index contributed by atoms with van der Waals surface area (Å²) in [5.74, 6) is 1.85. The Morgan fingerprint density at radius 3 is 2.68 bits per heavy atom. The van der Waals surface area contributed by atoms with Gasteiger partial charge in [-0.25, -0.2) is 14.8 Å². The number of piperazine rings is 1. The Bertz CT molecular complexity index is 1240. The topological polar surface area (TPSA) is 124 Å². The summed E-state index contributed by atoms with van der Waals surface area (Å²) in [4.78, 5) is 29.0. The van der Waals surface area contributed by atoms with Crippen molar-refractivity contribution >= 4 is 17.7 Å². The summed E-state index contributed by atoms with van der Waals surface area (Å²) in [6.07, 6.45) is 7.70. The zero-order chi connectivity index (χ0) is 23.5. The molecule has 5 rings (SSSR count). The number of primary amides is 1. The van der Waals surface area contributed by atoms with Crippen LogP contribution < -0.4 is 11.1 Å². The Morgan fingerprint density at radius 1 is 1.12 bits per heavy atom. The van der Waals surface area contributed by atoms with E-state index >= 15 is 0 Å². The molecule has 2 amide bonds. The van der Waals surface area contributed by atoms with Gasteiger partial charge in [0.15, 0.2) is 0 Å². The second kappa shape index (κ2) is 9.45. The van der Waals surface area contributed by atoms with E-state index in [9.17, 15) is 10.1 Å². The van der Waals surface area contributed by atoms with Crippen molar-refractivity contribution in [3.8, 4) is 17.3 Å². The molecule has 9 heteroatoms. The van der Waals surface area contributed by atoms with Gasteiger partial charge >= 0.3 is 6.03 Å². The van der Waals surface area contributed by atoms with E-state index in [1.165, 1.54) is 18.4 Å². The molecule has 1 aliphatic carbocycles. The molecule has 2 aliphatic rings. The van der Waals surface area contributed by atoms with Gasteiger partial charge in [-0.2, -0.15) is 5.26 Å². The number of nitrogens with zero attached hydrogens (tertiary/aromatic N) is 6. The minimum absolute atomic E-state index is 0.358. The SMILES string of the molecule is N#Cc1ccnc(Nc2cc(C3CC3)cc(-c3cncc(CN4CCN(C(N)=O)CC4)c3)n2)c1. The first-order chi connectivity index (χ1) is 16.6. The van der Waals surface area contributed by atoms with Gasteiger partial charge in [0.05, 0.1) is 17.3 Å². The number of carbonyl (C=O) groups is 1. The highest BCUT2D eigenvalue weighted by atomic mass is 16.2. The molecule has 2 fully saturated rings. The first-order valence-electron chi connectivity index (χ1n) is 11.4. The quantitative estimate of drug-likeness (QED) is 0.586. The maximum Gasteiger partial charge on any atom is 0.314 e. The molecule has 172 valence electrons. The number of amides is 2. The predicted octanol–water partition coefficient (Wildman–Crippen LogP) is 3.23. The Balaban J connectivity index is 1.37. The lowest BCUT2D eigenvalue weighted by Gasteiger charge is -2.33. The van der Waals surface area contributed by atoms with Crippen LogP contribution in [-0.4, -0.2) is 57.0 Å². The number of pyridine rings is 3. The van der Waals surface area contributed by atoms with Crippen LogP contribution in [0.1, 0.15) is 35.4 Å². The Labute approximate surface area is 198 Å². The molecule has 9 nitrogen and oxygen atoms in total. The van der Waals surface area contributed by atoms with E-state index in [0.717, 1.165) is 36.5 Å². The monoisotopic (exact) mass is 454 g/mol. The molecule has 1 saturated carbocycles. The molecule has 0 bridgehead atoms. The molecule has 0 unspecified atom stereocenters. The van der Waals surface area contributed by atoms with Crippen LogP contribution in [0.5, 0.6) is 0 Å². The Kier molecular flexibility index (Phi) is 6.06. The van der Waals surface area contributed by atoms with E-state index in [-0.39, 0.29) is 6.03 Å². The molecule has 1 saturated heterocycles. The van der Waals surface area contributed by atoms with Crippen molar-refractivity contribution in [3.63, 3.8) is 0 Å². The van der Waals surface area contributed by atoms with Crippen molar-refractivity contribution in [2.45, 2.75) is 25.3 Å². The number of nitriles is 1. The second-order valence-electron chi connectivity index (χ2n) is 8.80. The van der Waals surface area contributed by atoms with Gasteiger partial charge in [-0.3, -0.25) is 9.88 Å². The average molecular weight is 455 g/mol. The fraction of sp³-hybridized carbons (Fsp3) is 0.320. The molecule has 0 radical (unpaired) electrons. The molecule has 3 aromatic rings. The summed E-state index contributed by atoms with van der Waals surface area (Å²) in [6.45, 7) is 3.61. The maximum absolute atomic E-state index is 11.4. The third-order valence-electron chi connectivity index (χ3n) is 6.22. The number of urea groups is 1. The second-order valence-corrected chi connectivity index (χ2v) is 8.80. The van der Waals surface area contributed by atoms with Gasteiger partial charge in [0.2, 0.25) is 0 Å². The molecule has 34 heavy (non-hydrogen) atoms. The van der Waals surface area contributed by atoms with E-state index in [4.69, 9.17) is 10.7 Å². The van der Waals surface area contributed by atoms with Crippen LogP contribution in [0.2, 0.25) is 0 Å². The minimum atomic E-state index is -0.358.